The summed E-state index contributed by atoms with van der Waals surface area (Å²) < 4.78 is 21.3. The predicted molar refractivity (Wildman–Crippen MR) is 147 cm³/mol. The fourth-order valence-corrected chi connectivity index (χ4v) is 6.60. The molecular weight excluding hydrogens is 552 g/mol. The van der Waals surface area contributed by atoms with Crippen molar-refractivity contribution in [3.8, 4) is 0 Å². The first kappa shape index (κ1) is 27.1. The summed E-state index contributed by atoms with van der Waals surface area (Å²) in [5, 5.41) is 14.1. The second-order valence-corrected chi connectivity index (χ2v) is 11.7. The van der Waals surface area contributed by atoms with Gasteiger partial charge in [-0.05, 0) is 55.5 Å². The van der Waals surface area contributed by atoms with Gasteiger partial charge >= 0.3 is 5.97 Å². The van der Waals surface area contributed by atoms with Crippen molar-refractivity contribution in [2.45, 2.75) is 56.8 Å². The van der Waals surface area contributed by atoms with E-state index in [1.54, 1.807) is 23.1 Å². The molecule has 1 aliphatic carbocycles. The van der Waals surface area contributed by atoms with Crippen LogP contribution in [0.2, 0.25) is 10.0 Å². The molecule has 0 spiro atoms. The molecule has 1 saturated carbocycles. The van der Waals surface area contributed by atoms with Crippen molar-refractivity contribution in [1.82, 2.24) is 9.88 Å². The zero-order valence-electron chi connectivity index (χ0n) is 20.5. The second kappa shape index (κ2) is 11.7. The van der Waals surface area contributed by atoms with Gasteiger partial charge in [-0.1, -0.05) is 46.7 Å². The molecule has 1 saturated heterocycles. The van der Waals surface area contributed by atoms with Gasteiger partial charge in [0.1, 0.15) is 11.7 Å². The first-order chi connectivity index (χ1) is 18.3. The van der Waals surface area contributed by atoms with Crippen LogP contribution in [0.25, 0.3) is 10.2 Å². The number of benzene rings is 2. The minimum Gasteiger partial charge on any atom is -0.481 e. The quantitative estimate of drug-likeness (QED) is 0.317. The standard InChI is InChI=1S/C27H28Cl2FN3O4S/c28-20-2-1-3-23-25(20)32-27(38-23)31-22-9-4-15(10-21(22)29)11-24(34)33-13-17(30)12-18(33)14-37-19-7-5-16(6-8-19)26(35)36/h1-4,9-10,16-19H,5-8,11-14H2,(H,31,32)(H,35,36)/t16?,17-,18-,19?/m0/s1. The Bertz CT molecular complexity index is 1330. The number of aromatic nitrogens is 1. The number of para-hydroxylation sites is 1. The maximum absolute atomic E-state index is 14.3. The average molecular weight is 581 g/mol. The molecule has 2 heterocycles. The number of carbonyl (C=O) groups is 2. The van der Waals surface area contributed by atoms with Crippen molar-refractivity contribution in [2.75, 3.05) is 18.5 Å². The summed E-state index contributed by atoms with van der Waals surface area (Å²) in [4.78, 5) is 30.4. The molecule has 202 valence electrons. The van der Waals surface area contributed by atoms with Gasteiger partial charge in [-0.25, -0.2) is 9.37 Å². The number of amides is 1. The van der Waals surface area contributed by atoms with Crippen molar-refractivity contribution < 1.29 is 23.8 Å². The van der Waals surface area contributed by atoms with Crippen LogP contribution >= 0.6 is 34.5 Å². The van der Waals surface area contributed by atoms with E-state index in [0.717, 1.165) is 15.8 Å². The minimum absolute atomic E-state index is 0.0478. The van der Waals surface area contributed by atoms with Gasteiger partial charge in [0.05, 0.1) is 58.1 Å². The zero-order chi connectivity index (χ0) is 26.8. The van der Waals surface area contributed by atoms with Gasteiger partial charge in [-0.3, -0.25) is 9.59 Å². The number of thiazole rings is 1. The third-order valence-electron chi connectivity index (χ3n) is 7.23. The summed E-state index contributed by atoms with van der Waals surface area (Å²) in [6, 6.07) is 10.6. The number of aliphatic carboxylic acids is 1. The molecule has 1 amide bonds. The van der Waals surface area contributed by atoms with Gasteiger partial charge in [0.2, 0.25) is 5.91 Å². The Hall–Kier alpha value is -2.46. The molecule has 11 heteroatoms. The smallest absolute Gasteiger partial charge is 0.306 e. The monoisotopic (exact) mass is 579 g/mol. The number of alkyl halides is 1. The molecule has 2 atom stereocenters. The minimum atomic E-state index is -1.09. The fourth-order valence-electron chi connectivity index (χ4n) is 5.18. The summed E-state index contributed by atoms with van der Waals surface area (Å²) in [6.45, 7) is 0.302. The number of fused-ring (bicyclic) bond motifs is 1. The number of nitrogens with zero attached hydrogens (tertiary/aromatic N) is 2. The topological polar surface area (TPSA) is 91.8 Å². The lowest BCUT2D eigenvalue weighted by Crippen LogP contribution is -2.40. The van der Waals surface area contributed by atoms with E-state index in [9.17, 15) is 14.0 Å². The highest BCUT2D eigenvalue weighted by Crippen LogP contribution is 2.34. The summed E-state index contributed by atoms with van der Waals surface area (Å²) in [5.74, 6) is -1.25. The van der Waals surface area contributed by atoms with Crippen LogP contribution in [0.4, 0.5) is 15.2 Å². The van der Waals surface area contributed by atoms with Crippen LogP contribution in [0, 0.1) is 5.92 Å². The van der Waals surface area contributed by atoms with Crippen LogP contribution in [0.1, 0.15) is 37.7 Å². The number of carboxylic acids is 1. The van der Waals surface area contributed by atoms with Gasteiger partial charge in [0, 0.05) is 6.42 Å². The lowest BCUT2D eigenvalue weighted by atomic mass is 9.87. The lowest BCUT2D eigenvalue weighted by Gasteiger charge is -2.29. The molecule has 0 unspecified atom stereocenters. The molecule has 2 N–H and O–H groups in total. The molecule has 2 fully saturated rings. The summed E-state index contributed by atoms with van der Waals surface area (Å²) in [6.07, 6.45) is 1.70. The number of carbonyl (C=O) groups excluding carboxylic acids is 1. The highest BCUT2D eigenvalue weighted by Gasteiger charge is 2.36. The second-order valence-electron chi connectivity index (χ2n) is 9.90. The Balaban J connectivity index is 1.17. The van der Waals surface area contributed by atoms with E-state index in [2.05, 4.69) is 10.3 Å². The third-order valence-corrected chi connectivity index (χ3v) is 8.79. The number of likely N-dealkylation sites (tertiary alicyclic amines) is 1. The van der Waals surface area contributed by atoms with Crippen molar-refractivity contribution >= 4 is 67.5 Å². The average Bonchev–Trinajstić information content (AvgIpc) is 3.48. The zero-order valence-corrected chi connectivity index (χ0v) is 22.9. The normalized spacial score (nSPS) is 23.6. The maximum atomic E-state index is 14.3. The van der Waals surface area contributed by atoms with Crippen molar-refractivity contribution in [2.24, 2.45) is 5.92 Å². The van der Waals surface area contributed by atoms with Crippen LogP contribution in [-0.4, -0.2) is 58.3 Å². The third kappa shape index (κ3) is 6.22. The molecule has 7 nitrogen and oxygen atoms in total. The molecule has 3 aromatic rings. The summed E-state index contributed by atoms with van der Waals surface area (Å²) in [5.41, 5.74) is 2.11. The van der Waals surface area contributed by atoms with Crippen molar-refractivity contribution in [3.63, 3.8) is 0 Å². The highest BCUT2D eigenvalue weighted by molar-refractivity contribution is 7.22. The van der Waals surface area contributed by atoms with E-state index < -0.39 is 12.1 Å². The van der Waals surface area contributed by atoms with E-state index in [1.165, 1.54) is 11.3 Å². The molecule has 0 bridgehead atoms. The number of hydrogen-bond donors (Lipinski definition) is 2. The lowest BCUT2D eigenvalue weighted by molar-refractivity contribution is -0.144. The fraction of sp³-hybridized carbons (Fsp3) is 0.444. The molecular formula is C27H28Cl2FN3O4S. The number of nitrogens with one attached hydrogen (secondary N) is 1. The number of anilines is 2. The SMILES string of the molecule is O=C(O)C1CCC(OC[C@@H]2C[C@H](F)CN2C(=O)Cc2ccc(Nc3nc4c(Cl)cccc4s3)c(Cl)c2)CC1. The molecule has 1 aliphatic heterocycles. The first-order valence-corrected chi connectivity index (χ1v) is 14.2. The Morgan fingerprint density at radius 1 is 1.16 bits per heavy atom. The number of rotatable bonds is 8. The van der Waals surface area contributed by atoms with Crippen molar-refractivity contribution in [3.05, 3.63) is 52.0 Å². The Kier molecular flexibility index (Phi) is 8.38. The summed E-state index contributed by atoms with van der Waals surface area (Å²) in [7, 11) is 0. The van der Waals surface area contributed by atoms with Gasteiger partial charge in [-0.15, -0.1) is 0 Å². The highest BCUT2D eigenvalue weighted by atomic mass is 35.5. The first-order valence-electron chi connectivity index (χ1n) is 12.6. The molecule has 5 rings (SSSR count). The van der Waals surface area contributed by atoms with Crippen molar-refractivity contribution in [1.29, 1.82) is 0 Å². The van der Waals surface area contributed by atoms with Gasteiger partial charge in [-0.2, -0.15) is 0 Å². The largest absolute Gasteiger partial charge is 0.481 e. The van der Waals surface area contributed by atoms with E-state index in [-0.39, 0.29) is 50.0 Å². The van der Waals surface area contributed by atoms with Gasteiger partial charge < -0.3 is 20.1 Å². The van der Waals surface area contributed by atoms with Crippen LogP contribution in [0.3, 0.4) is 0 Å². The van der Waals surface area contributed by atoms with Gasteiger partial charge in [0.25, 0.3) is 0 Å². The molecule has 2 aromatic carbocycles. The van der Waals surface area contributed by atoms with Crippen LogP contribution in [0.15, 0.2) is 36.4 Å². The van der Waals surface area contributed by atoms with Crippen LogP contribution < -0.4 is 5.32 Å². The predicted octanol–water partition coefficient (Wildman–Crippen LogP) is 6.49. The molecule has 38 heavy (non-hydrogen) atoms. The summed E-state index contributed by atoms with van der Waals surface area (Å²) >= 11 is 14.2. The van der Waals surface area contributed by atoms with E-state index >= 15 is 0 Å². The van der Waals surface area contributed by atoms with E-state index in [4.69, 9.17) is 33.0 Å². The van der Waals surface area contributed by atoms with Crippen LogP contribution in [0.5, 0.6) is 0 Å². The maximum Gasteiger partial charge on any atom is 0.306 e. The number of ether oxygens (including phenoxy) is 1. The Labute approximate surface area is 233 Å². The molecule has 0 radical (unpaired) electrons. The molecule has 2 aliphatic rings. The Morgan fingerprint density at radius 2 is 1.95 bits per heavy atom. The van der Waals surface area contributed by atoms with Gasteiger partial charge in [0.15, 0.2) is 5.13 Å². The van der Waals surface area contributed by atoms with Crippen LogP contribution in [-0.2, 0) is 20.7 Å². The number of halogens is 3. The molecule has 1 aromatic heterocycles. The van der Waals surface area contributed by atoms with E-state index in [1.807, 2.05) is 18.2 Å². The van der Waals surface area contributed by atoms with E-state index in [0.29, 0.717) is 46.5 Å². The number of carboxylic acid groups (broad SMARTS) is 1. The number of hydrogen-bond acceptors (Lipinski definition) is 6. The Morgan fingerprint density at radius 3 is 2.66 bits per heavy atom.